The minimum absolute atomic E-state index is 0.202. The zero-order chi connectivity index (χ0) is 20.2. The summed E-state index contributed by atoms with van der Waals surface area (Å²) < 4.78 is 17.0. The van der Waals surface area contributed by atoms with Gasteiger partial charge in [0.2, 0.25) is 11.8 Å². The second kappa shape index (κ2) is 8.67. The summed E-state index contributed by atoms with van der Waals surface area (Å²) in [6, 6.07) is 13.2. The van der Waals surface area contributed by atoms with E-state index in [9.17, 15) is 0 Å². The topological polar surface area (TPSA) is 87.1 Å². The predicted octanol–water partition coefficient (Wildman–Crippen LogP) is 5.26. The van der Waals surface area contributed by atoms with Gasteiger partial charge in [0.15, 0.2) is 6.61 Å². The van der Waals surface area contributed by atoms with Crippen LogP contribution in [0.4, 0.5) is 0 Å². The SMILES string of the molecule is Cc1ccc(OCc2nnc(SCc3nnc(-c4ccccc4Cl)o3)o2)cc1C. The van der Waals surface area contributed by atoms with Crippen LogP contribution in [0.1, 0.15) is 22.9 Å². The van der Waals surface area contributed by atoms with Crippen LogP contribution in [0.3, 0.4) is 0 Å². The van der Waals surface area contributed by atoms with E-state index in [0.29, 0.717) is 39.2 Å². The summed E-state index contributed by atoms with van der Waals surface area (Å²) in [6.45, 7) is 4.30. The second-order valence-electron chi connectivity index (χ2n) is 6.27. The van der Waals surface area contributed by atoms with Crippen LogP contribution in [-0.4, -0.2) is 20.4 Å². The van der Waals surface area contributed by atoms with Crippen molar-refractivity contribution in [2.24, 2.45) is 0 Å². The first-order chi connectivity index (χ1) is 14.1. The fraction of sp³-hybridized carbons (Fsp3) is 0.200. The van der Waals surface area contributed by atoms with E-state index in [0.717, 1.165) is 5.75 Å². The third-order valence-electron chi connectivity index (χ3n) is 4.18. The van der Waals surface area contributed by atoms with Gasteiger partial charge in [-0.05, 0) is 49.2 Å². The molecule has 148 valence electrons. The van der Waals surface area contributed by atoms with Gasteiger partial charge in [-0.3, -0.25) is 0 Å². The molecule has 2 aromatic heterocycles. The largest absolute Gasteiger partial charge is 0.484 e. The molecule has 0 aliphatic rings. The molecule has 0 aliphatic carbocycles. The monoisotopic (exact) mass is 428 g/mol. The number of nitrogens with zero attached hydrogens (tertiary/aromatic N) is 4. The molecule has 9 heteroatoms. The summed E-state index contributed by atoms with van der Waals surface area (Å²) in [5.41, 5.74) is 3.08. The highest BCUT2D eigenvalue weighted by Gasteiger charge is 2.14. The van der Waals surface area contributed by atoms with Crippen molar-refractivity contribution in [1.29, 1.82) is 0 Å². The van der Waals surface area contributed by atoms with Crippen LogP contribution in [-0.2, 0) is 12.4 Å². The Morgan fingerprint density at radius 3 is 2.59 bits per heavy atom. The molecular weight excluding hydrogens is 412 g/mol. The van der Waals surface area contributed by atoms with Crippen molar-refractivity contribution in [2.45, 2.75) is 31.4 Å². The number of hydrogen-bond acceptors (Lipinski definition) is 8. The quantitative estimate of drug-likeness (QED) is 0.368. The predicted molar refractivity (Wildman–Crippen MR) is 109 cm³/mol. The number of ether oxygens (including phenoxy) is 1. The molecule has 2 aromatic carbocycles. The number of aryl methyl sites for hydroxylation is 2. The third-order valence-corrected chi connectivity index (χ3v) is 5.31. The van der Waals surface area contributed by atoms with E-state index in [1.807, 2.05) is 43.3 Å². The zero-order valence-corrected chi connectivity index (χ0v) is 17.3. The number of aromatic nitrogens is 4. The van der Waals surface area contributed by atoms with Gasteiger partial charge in [0.1, 0.15) is 5.75 Å². The molecule has 2 heterocycles. The summed E-state index contributed by atoms with van der Waals surface area (Å²) in [7, 11) is 0. The van der Waals surface area contributed by atoms with Crippen molar-refractivity contribution < 1.29 is 13.6 Å². The fourth-order valence-electron chi connectivity index (χ4n) is 2.48. The van der Waals surface area contributed by atoms with Gasteiger partial charge in [0.25, 0.3) is 11.1 Å². The molecular formula is C20H17ClN4O3S. The molecule has 0 saturated carbocycles. The Morgan fingerprint density at radius 1 is 0.931 bits per heavy atom. The van der Waals surface area contributed by atoms with Crippen molar-refractivity contribution in [2.75, 3.05) is 0 Å². The fourth-order valence-corrected chi connectivity index (χ4v) is 3.32. The summed E-state index contributed by atoms with van der Waals surface area (Å²) in [4.78, 5) is 0. The molecule has 0 N–H and O–H groups in total. The first-order valence-electron chi connectivity index (χ1n) is 8.81. The smallest absolute Gasteiger partial charge is 0.277 e. The van der Waals surface area contributed by atoms with Crippen LogP contribution >= 0.6 is 23.4 Å². The Bertz CT molecular complexity index is 1130. The zero-order valence-electron chi connectivity index (χ0n) is 15.8. The number of benzene rings is 2. The van der Waals surface area contributed by atoms with Crippen LogP contribution in [0.25, 0.3) is 11.5 Å². The lowest BCUT2D eigenvalue weighted by Gasteiger charge is -2.05. The maximum absolute atomic E-state index is 6.16. The molecule has 0 radical (unpaired) electrons. The lowest BCUT2D eigenvalue weighted by atomic mass is 10.1. The molecule has 0 spiro atoms. The molecule has 29 heavy (non-hydrogen) atoms. The van der Waals surface area contributed by atoms with Crippen molar-refractivity contribution >= 4 is 23.4 Å². The molecule has 0 aliphatic heterocycles. The van der Waals surface area contributed by atoms with Gasteiger partial charge in [-0.2, -0.15) is 0 Å². The molecule has 4 rings (SSSR count). The average molecular weight is 429 g/mol. The van der Waals surface area contributed by atoms with Gasteiger partial charge in [-0.1, -0.05) is 41.6 Å². The molecule has 0 bridgehead atoms. The maximum atomic E-state index is 6.16. The summed E-state index contributed by atoms with van der Waals surface area (Å²) in [6.07, 6.45) is 0. The van der Waals surface area contributed by atoms with Crippen molar-refractivity contribution in [3.05, 3.63) is 70.4 Å². The van der Waals surface area contributed by atoms with E-state index in [-0.39, 0.29) is 6.61 Å². The first kappa shape index (κ1) is 19.5. The van der Waals surface area contributed by atoms with Gasteiger partial charge in [-0.25, -0.2) is 0 Å². The van der Waals surface area contributed by atoms with Gasteiger partial charge in [0, 0.05) is 0 Å². The molecule has 0 unspecified atom stereocenters. The van der Waals surface area contributed by atoms with Gasteiger partial charge < -0.3 is 13.6 Å². The summed E-state index contributed by atoms with van der Waals surface area (Å²) in [5.74, 6) is 2.37. The molecule has 4 aromatic rings. The highest BCUT2D eigenvalue weighted by Crippen LogP contribution is 2.28. The lowest BCUT2D eigenvalue weighted by molar-refractivity contribution is 0.252. The molecule has 0 saturated heterocycles. The average Bonchev–Trinajstić information content (AvgIpc) is 3.37. The Labute approximate surface area is 176 Å². The van der Waals surface area contributed by atoms with E-state index in [1.54, 1.807) is 6.07 Å². The Hall–Kier alpha value is -2.84. The second-order valence-corrected chi connectivity index (χ2v) is 7.60. The van der Waals surface area contributed by atoms with E-state index in [4.69, 9.17) is 25.2 Å². The number of thioether (sulfide) groups is 1. The highest BCUT2D eigenvalue weighted by molar-refractivity contribution is 7.98. The Kier molecular flexibility index (Phi) is 5.82. The van der Waals surface area contributed by atoms with E-state index in [2.05, 4.69) is 27.3 Å². The van der Waals surface area contributed by atoms with Gasteiger partial charge in [0.05, 0.1) is 16.3 Å². The van der Waals surface area contributed by atoms with E-state index in [1.165, 1.54) is 22.9 Å². The summed E-state index contributed by atoms with van der Waals surface area (Å²) in [5, 5.41) is 17.0. The normalized spacial score (nSPS) is 11.0. The molecule has 0 fully saturated rings. The van der Waals surface area contributed by atoms with Crippen LogP contribution in [0.15, 0.2) is 56.5 Å². The Balaban J connectivity index is 1.33. The lowest BCUT2D eigenvalue weighted by Crippen LogP contribution is -1.96. The minimum Gasteiger partial charge on any atom is -0.484 e. The first-order valence-corrected chi connectivity index (χ1v) is 10.2. The third kappa shape index (κ3) is 4.78. The van der Waals surface area contributed by atoms with Crippen LogP contribution in [0.2, 0.25) is 5.02 Å². The summed E-state index contributed by atoms with van der Waals surface area (Å²) >= 11 is 7.46. The van der Waals surface area contributed by atoms with Crippen molar-refractivity contribution in [1.82, 2.24) is 20.4 Å². The molecule has 0 atom stereocenters. The standard InChI is InChI=1S/C20H17ClN4O3S/c1-12-7-8-14(9-13(12)2)26-10-17-22-25-20(28-17)29-11-18-23-24-19(27-18)15-5-3-4-6-16(15)21/h3-9H,10-11H2,1-2H3. The van der Waals surface area contributed by atoms with E-state index >= 15 is 0 Å². The van der Waals surface area contributed by atoms with Crippen LogP contribution in [0.5, 0.6) is 5.75 Å². The van der Waals surface area contributed by atoms with E-state index < -0.39 is 0 Å². The number of halogens is 1. The number of rotatable bonds is 7. The minimum atomic E-state index is 0.202. The van der Waals surface area contributed by atoms with Crippen molar-refractivity contribution in [3.63, 3.8) is 0 Å². The van der Waals surface area contributed by atoms with Gasteiger partial charge >= 0.3 is 0 Å². The molecule has 0 amide bonds. The molecule has 7 nitrogen and oxygen atoms in total. The maximum Gasteiger partial charge on any atom is 0.277 e. The van der Waals surface area contributed by atoms with Crippen LogP contribution in [0, 0.1) is 13.8 Å². The number of hydrogen-bond donors (Lipinski definition) is 0. The van der Waals surface area contributed by atoms with Crippen molar-refractivity contribution in [3.8, 4) is 17.2 Å². The highest BCUT2D eigenvalue weighted by atomic mass is 35.5. The van der Waals surface area contributed by atoms with Crippen LogP contribution < -0.4 is 4.74 Å². The van der Waals surface area contributed by atoms with Gasteiger partial charge in [-0.15, -0.1) is 20.4 Å². The Morgan fingerprint density at radius 2 is 1.76 bits per heavy atom.